The smallest absolute Gasteiger partial charge is 0.150 e. The Labute approximate surface area is 125 Å². The van der Waals surface area contributed by atoms with Gasteiger partial charge in [-0.05, 0) is 19.8 Å². The number of nitrogen functional groups attached to an aromatic ring is 1. The topological polar surface area (TPSA) is 110 Å². The lowest BCUT2D eigenvalue weighted by Crippen LogP contribution is -2.33. The number of nitrogens with one attached hydrogen (secondary N) is 2. The molecule has 1 fully saturated rings. The van der Waals surface area contributed by atoms with Crippen LogP contribution >= 0.6 is 0 Å². The highest BCUT2D eigenvalue weighted by molar-refractivity contribution is 7.91. The van der Waals surface area contributed by atoms with Crippen LogP contribution in [0.15, 0.2) is 0 Å². The van der Waals surface area contributed by atoms with Crippen LogP contribution < -0.4 is 16.6 Å². The molecule has 0 bridgehead atoms. The average Bonchev–Trinajstić information content (AvgIpc) is 2.43. The molecule has 21 heavy (non-hydrogen) atoms. The van der Waals surface area contributed by atoms with E-state index in [1.165, 1.54) is 0 Å². The second-order valence-corrected chi connectivity index (χ2v) is 8.08. The second-order valence-electron chi connectivity index (χ2n) is 5.77. The van der Waals surface area contributed by atoms with Crippen molar-refractivity contribution in [1.29, 1.82) is 0 Å². The van der Waals surface area contributed by atoms with Crippen LogP contribution in [0.5, 0.6) is 0 Å². The lowest BCUT2D eigenvalue weighted by molar-refractivity contribution is 0.558. The minimum absolute atomic E-state index is 0.118. The molecule has 0 atom stereocenters. The zero-order chi connectivity index (χ0) is 15.6. The van der Waals surface area contributed by atoms with Gasteiger partial charge in [-0.3, -0.25) is 0 Å². The fourth-order valence-corrected chi connectivity index (χ4v) is 3.79. The molecule has 1 aromatic heterocycles. The van der Waals surface area contributed by atoms with Crippen molar-refractivity contribution in [2.24, 2.45) is 5.84 Å². The zero-order valence-corrected chi connectivity index (χ0v) is 13.5. The van der Waals surface area contributed by atoms with E-state index >= 15 is 0 Å². The average molecular weight is 313 g/mol. The summed E-state index contributed by atoms with van der Waals surface area (Å²) < 4.78 is 23.0. The van der Waals surface area contributed by atoms with Crippen molar-refractivity contribution in [3.05, 3.63) is 11.4 Å². The number of aromatic nitrogens is 2. The third-order valence-corrected chi connectivity index (χ3v) is 5.43. The normalized spacial score (nSPS) is 18.7. The maximum Gasteiger partial charge on any atom is 0.150 e. The Bertz CT molecular complexity index is 601. The number of nitrogens with zero attached hydrogens (tertiary/aromatic N) is 2. The summed E-state index contributed by atoms with van der Waals surface area (Å²) in [5.74, 6) is 8.19. The highest BCUT2D eigenvalue weighted by atomic mass is 32.2. The monoisotopic (exact) mass is 313 g/mol. The van der Waals surface area contributed by atoms with Crippen molar-refractivity contribution in [2.75, 3.05) is 22.2 Å². The van der Waals surface area contributed by atoms with Gasteiger partial charge in [-0.15, -0.1) is 0 Å². The summed E-state index contributed by atoms with van der Waals surface area (Å²) in [6.45, 7) is 5.92. The number of hydrazine groups is 1. The molecule has 4 N–H and O–H groups in total. The summed E-state index contributed by atoms with van der Waals surface area (Å²) in [7, 11) is -2.86. The van der Waals surface area contributed by atoms with Crippen molar-refractivity contribution in [2.45, 2.75) is 45.6 Å². The first-order chi connectivity index (χ1) is 9.82. The molecule has 0 amide bonds. The van der Waals surface area contributed by atoms with Gasteiger partial charge in [-0.1, -0.05) is 13.8 Å². The highest BCUT2D eigenvalue weighted by Gasteiger charge is 2.24. The summed E-state index contributed by atoms with van der Waals surface area (Å²) in [6.07, 6.45) is 1.21. The van der Waals surface area contributed by atoms with E-state index in [0.29, 0.717) is 24.5 Å². The van der Waals surface area contributed by atoms with Gasteiger partial charge in [-0.25, -0.2) is 24.2 Å². The number of nitrogens with two attached hydrogens (primary N) is 1. The van der Waals surface area contributed by atoms with E-state index in [1.807, 2.05) is 20.8 Å². The van der Waals surface area contributed by atoms with Crippen LogP contribution in [-0.2, 0) is 9.84 Å². The fraction of sp³-hybridized carbons (Fsp3) is 0.692. The van der Waals surface area contributed by atoms with E-state index in [0.717, 1.165) is 11.4 Å². The number of rotatable bonds is 4. The van der Waals surface area contributed by atoms with Gasteiger partial charge >= 0.3 is 0 Å². The summed E-state index contributed by atoms with van der Waals surface area (Å²) in [5.41, 5.74) is 3.44. The van der Waals surface area contributed by atoms with E-state index in [2.05, 4.69) is 20.7 Å². The lowest BCUT2D eigenvalue weighted by atomic mass is 10.1. The second kappa shape index (κ2) is 6.15. The van der Waals surface area contributed by atoms with Crippen molar-refractivity contribution >= 4 is 21.5 Å². The van der Waals surface area contributed by atoms with Gasteiger partial charge in [-0.2, -0.15) is 0 Å². The van der Waals surface area contributed by atoms with Gasteiger partial charge in [0, 0.05) is 17.5 Å². The summed E-state index contributed by atoms with van der Waals surface area (Å²) in [5, 5.41) is 3.35. The molecular formula is C13H23N5O2S. The molecule has 1 aromatic rings. The molecule has 0 aromatic carbocycles. The first kappa shape index (κ1) is 16.0. The molecule has 2 heterocycles. The van der Waals surface area contributed by atoms with Crippen LogP contribution in [0, 0.1) is 6.92 Å². The number of sulfone groups is 1. The van der Waals surface area contributed by atoms with E-state index in [9.17, 15) is 8.42 Å². The summed E-state index contributed by atoms with van der Waals surface area (Å²) in [6, 6.07) is 0.118. The molecule has 1 aliphatic rings. The molecule has 1 aliphatic heterocycles. The van der Waals surface area contributed by atoms with E-state index in [-0.39, 0.29) is 23.5 Å². The van der Waals surface area contributed by atoms with Crippen LogP contribution in [0.3, 0.4) is 0 Å². The number of anilines is 2. The summed E-state index contributed by atoms with van der Waals surface area (Å²) >= 11 is 0. The maximum atomic E-state index is 11.5. The van der Waals surface area contributed by atoms with E-state index < -0.39 is 9.84 Å². The SMILES string of the molecule is Cc1c(NN)nc(C(C)C)nc1NC1CCS(=O)(=O)CC1. The van der Waals surface area contributed by atoms with Gasteiger partial charge in [0.05, 0.1) is 11.5 Å². The highest BCUT2D eigenvalue weighted by Crippen LogP contribution is 2.25. The predicted octanol–water partition coefficient (Wildman–Crippen LogP) is 1.18. The zero-order valence-electron chi connectivity index (χ0n) is 12.7. The van der Waals surface area contributed by atoms with Gasteiger partial charge in [0.1, 0.15) is 27.3 Å². The van der Waals surface area contributed by atoms with Gasteiger partial charge in [0.25, 0.3) is 0 Å². The van der Waals surface area contributed by atoms with Gasteiger partial charge < -0.3 is 10.7 Å². The molecule has 1 saturated heterocycles. The third kappa shape index (κ3) is 3.82. The van der Waals surface area contributed by atoms with Crippen molar-refractivity contribution in [3.8, 4) is 0 Å². The van der Waals surface area contributed by atoms with E-state index in [1.54, 1.807) is 0 Å². The molecule has 0 aliphatic carbocycles. The minimum Gasteiger partial charge on any atom is -0.367 e. The Kier molecular flexibility index (Phi) is 4.67. The Morgan fingerprint density at radius 2 is 1.76 bits per heavy atom. The van der Waals surface area contributed by atoms with Crippen LogP contribution in [0.2, 0.25) is 0 Å². The standard InChI is InChI=1S/C13H23N5O2S/c1-8(2)11-16-12(9(3)13(17-11)18-14)15-10-4-6-21(19,20)7-5-10/h8,10H,4-7,14H2,1-3H3,(H2,15,16,17,18). The molecule has 0 unspecified atom stereocenters. The molecule has 8 heteroatoms. The number of hydrogen-bond donors (Lipinski definition) is 3. The van der Waals surface area contributed by atoms with Crippen LogP contribution in [0.1, 0.15) is 44.0 Å². The predicted molar refractivity (Wildman–Crippen MR) is 84.0 cm³/mol. The van der Waals surface area contributed by atoms with Crippen molar-refractivity contribution < 1.29 is 8.42 Å². The van der Waals surface area contributed by atoms with Crippen LogP contribution in [-0.4, -0.2) is 35.9 Å². The Morgan fingerprint density at radius 3 is 2.29 bits per heavy atom. The van der Waals surface area contributed by atoms with Gasteiger partial charge in [0.2, 0.25) is 0 Å². The maximum absolute atomic E-state index is 11.5. The molecule has 118 valence electrons. The van der Waals surface area contributed by atoms with Gasteiger partial charge in [0.15, 0.2) is 0 Å². The largest absolute Gasteiger partial charge is 0.367 e. The third-order valence-electron chi connectivity index (χ3n) is 3.71. The van der Waals surface area contributed by atoms with Crippen molar-refractivity contribution in [1.82, 2.24) is 9.97 Å². The Morgan fingerprint density at radius 1 is 1.19 bits per heavy atom. The van der Waals surface area contributed by atoms with E-state index in [4.69, 9.17) is 5.84 Å². The van der Waals surface area contributed by atoms with Crippen molar-refractivity contribution in [3.63, 3.8) is 0 Å². The quantitative estimate of drug-likeness (QED) is 0.565. The first-order valence-electron chi connectivity index (χ1n) is 7.14. The molecular weight excluding hydrogens is 290 g/mol. The molecule has 0 radical (unpaired) electrons. The Hall–Kier alpha value is -1.41. The molecule has 0 spiro atoms. The Balaban J connectivity index is 2.21. The fourth-order valence-electron chi connectivity index (χ4n) is 2.30. The first-order valence-corrected chi connectivity index (χ1v) is 8.96. The lowest BCUT2D eigenvalue weighted by Gasteiger charge is -2.25. The van der Waals surface area contributed by atoms with Crippen LogP contribution in [0.25, 0.3) is 0 Å². The summed E-state index contributed by atoms with van der Waals surface area (Å²) in [4.78, 5) is 8.93. The molecule has 7 nitrogen and oxygen atoms in total. The molecule has 2 rings (SSSR count). The number of hydrogen-bond acceptors (Lipinski definition) is 7. The minimum atomic E-state index is -2.86. The molecule has 0 saturated carbocycles. The van der Waals surface area contributed by atoms with Crippen LogP contribution in [0.4, 0.5) is 11.6 Å².